The van der Waals surface area contributed by atoms with Crippen molar-refractivity contribution in [2.45, 2.75) is 35.4 Å². The Balaban J connectivity index is 3.02. The standard InChI is InChI=1S/C16H22Cl3N3O3S/c1-4-10-22(11-5-2)26(24,25)13-8-6-12(7-9-13)14(23)21-15(20-3)16(17,18)19/h6-9H,4-5,10-11H2,1-3H3,(H,20,21,23). The molecule has 0 saturated carbocycles. The highest BCUT2D eigenvalue weighted by Gasteiger charge is 2.29. The lowest BCUT2D eigenvalue weighted by atomic mass is 10.2. The number of nitrogens with one attached hydrogen (secondary N) is 1. The van der Waals surface area contributed by atoms with Crippen molar-refractivity contribution in [1.29, 1.82) is 0 Å². The van der Waals surface area contributed by atoms with Gasteiger partial charge >= 0.3 is 0 Å². The van der Waals surface area contributed by atoms with Crippen molar-refractivity contribution in [2.24, 2.45) is 4.99 Å². The van der Waals surface area contributed by atoms with Crippen molar-refractivity contribution >= 4 is 56.6 Å². The monoisotopic (exact) mass is 441 g/mol. The van der Waals surface area contributed by atoms with Crippen molar-refractivity contribution < 1.29 is 13.2 Å². The van der Waals surface area contributed by atoms with Gasteiger partial charge in [-0.3, -0.25) is 9.79 Å². The molecular weight excluding hydrogens is 421 g/mol. The van der Waals surface area contributed by atoms with E-state index in [1.807, 2.05) is 13.8 Å². The lowest BCUT2D eigenvalue weighted by Crippen LogP contribution is -2.39. The molecule has 0 aromatic heterocycles. The molecule has 0 heterocycles. The zero-order valence-corrected chi connectivity index (χ0v) is 17.9. The average Bonchev–Trinajstić information content (AvgIpc) is 2.58. The van der Waals surface area contributed by atoms with Crippen molar-refractivity contribution in [2.75, 3.05) is 20.1 Å². The number of hydrogen-bond acceptors (Lipinski definition) is 4. The van der Waals surface area contributed by atoms with Gasteiger partial charge in [-0.1, -0.05) is 48.7 Å². The predicted octanol–water partition coefficient (Wildman–Crippen LogP) is 3.63. The molecule has 0 radical (unpaired) electrons. The molecule has 0 saturated heterocycles. The van der Waals surface area contributed by atoms with Crippen LogP contribution in [0, 0.1) is 0 Å². The highest BCUT2D eigenvalue weighted by Crippen LogP contribution is 2.27. The summed E-state index contributed by atoms with van der Waals surface area (Å²) in [5, 5.41) is 2.40. The first kappa shape index (κ1) is 23.2. The van der Waals surface area contributed by atoms with E-state index in [0.29, 0.717) is 13.1 Å². The van der Waals surface area contributed by atoms with Crippen LogP contribution in [0.2, 0.25) is 0 Å². The van der Waals surface area contributed by atoms with Crippen molar-refractivity contribution in [3.63, 3.8) is 0 Å². The van der Waals surface area contributed by atoms with Crippen LogP contribution >= 0.6 is 34.8 Å². The van der Waals surface area contributed by atoms with Crippen LogP contribution in [0.4, 0.5) is 0 Å². The van der Waals surface area contributed by atoms with Crippen molar-refractivity contribution in [3.05, 3.63) is 29.8 Å². The number of halogens is 3. The highest BCUT2D eigenvalue weighted by molar-refractivity contribution is 7.89. The van der Waals surface area contributed by atoms with Crippen LogP contribution in [0.1, 0.15) is 37.0 Å². The first-order valence-electron chi connectivity index (χ1n) is 8.03. The fraction of sp³-hybridized carbons (Fsp3) is 0.500. The first-order chi connectivity index (χ1) is 12.1. The van der Waals surface area contributed by atoms with Gasteiger partial charge in [0.05, 0.1) is 4.90 Å². The maximum Gasteiger partial charge on any atom is 0.256 e. The molecule has 0 aliphatic heterocycles. The molecule has 0 atom stereocenters. The molecule has 26 heavy (non-hydrogen) atoms. The molecule has 0 spiro atoms. The van der Waals surface area contributed by atoms with Gasteiger partial charge in [0.25, 0.3) is 5.91 Å². The number of alkyl halides is 3. The third kappa shape index (κ3) is 6.09. The van der Waals surface area contributed by atoms with Gasteiger partial charge in [0.2, 0.25) is 13.8 Å². The second-order valence-corrected chi connectivity index (χ2v) is 9.67. The molecule has 1 N–H and O–H groups in total. The Bertz CT molecular complexity index is 738. The van der Waals surface area contributed by atoms with E-state index in [-0.39, 0.29) is 16.3 Å². The minimum Gasteiger partial charge on any atom is -0.307 e. The molecule has 1 amide bonds. The molecule has 1 aromatic carbocycles. The Morgan fingerprint density at radius 1 is 1.12 bits per heavy atom. The van der Waals surface area contributed by atoms with E-state index in [0.717, 1.165) is 12.8 Å². The summed E-state index contributed by atoms with van der Waals surface area (Å²) in [4.78, 5) is 16.1. The van der Waals surface area contributed by atoms with Crippen LogP contribution < -0.4 is 5.32 Å². The Labute approximate surface area is 169 Å². The van der Waals surface area contributed by atoms with Crippen LogP contribution in [0.25, 0.3) is 0 Å². The summed E-state index contributed by atoms with van der Waals surface area (Å²) in [6, 6.07) is 5.59. The summed E-state index contributed by atoms with van der Waals surface area (Å²) in [7, 11) is -2.23. The maximum atomic E-state index is 12.7. The zero-order chi connectivity index (χ0) is 20.0. The molecule has 0 bridgehead atoms. The highest BCUT2D eigenvalue weighted by atomic mass is 35.6. The summed E-state index contributed by atoms with van der Waals surface area (Å²) in [5.41, 5.74) is 0.219. The normalized spacial score (nSPS) is 13.1. The van der Waals surface area contributed by atoms with E-state index in [2.05, 4.69) is 10.3 Å². The van der Waals surface area contributed by atoms with Gasteiger partial charge in [-0.15, -0.1) is 0 Å². The summed E-state index contributed by atoms with van der Waals surface area (Å²) in [5.74, 6) is -0.680. The first-order valence-corrected chi connectivity index (χ1v) is 10.6. The van der Waals surface area contributed by atoms with Gasteiger partial charge < -0.3 is 5.32 Å². The van der Waals surface area contributed by atoms with Crippen LogP contribution in [-0.2, 0) is 10.0 Å². The number of sulfonamides is 1. The molecule has 0 aliphatic carbocycles. The zero-order valence-electron chi connectivity index (χ0n) is 14.8. The van der Waals surface area contributed by atoms with E-state index in [4.69, 9.17) is 34.8 Å². The molecule has 0 fully saturated rings. The van der Waals surface area contributed by atoms with Crippen LogP contribution in [0.15, 0.2) is 34.2 Å². The number of aliphatic imine (C=N–C) groups is 1. The second-order valence-electron chi connectivity index (χ2n) is 5.45. The third-order valence-electron chi connectivity index (χ3n) is 3.42. The average molecular weight is 443 g/mol. The molecule has 10 heteroatoms. The molecular formula is C16H22Cl3N3O3S. The van der Waals surface area contributed by atoms with Gasteiger partial charge in [0.15, 0.2) is 5.84 Å². The van der Waals surface area contributed by atoms with Gasteiger partial charge in [0, 0.05) is 25.7 Å². The lowest BCUT2D eigenvalue weighted by Gasteiger charge is -2.21. The van der Waals surface area contributed by atoms with Gasteiger partial charge in [-0.05, 0) is 37.1 Å². The van der Waals surface area contributed by atoms with Crippen LogP contribution in [0.3, 0.4) is 0 Å². The summed E-state index contributed by atoms with van der Waals surface area (Å²) in [6.07, 6.45) is 1.44. The van der Waals surface area contributed by atoms with E-state index in [1.54, 1.807) is 0 Å². The van der Waals surface area contributed by atoms with Crippen molar-refractivity contribution in [1.82, 2.24) is 9.62 Å². The molecule has 0 aliphatic rings. The maximum absolute atomic E-state index is 12.7. The molecule has 0 unspecified atom stereocenters. The molecule has 6 nitrogen and oxygen atoms in total. The van der Waals surface area contributed by atoms with Gasteiger partial charge in [-0.25, -0.2) is 8.42 Å². The number of amides is 1. The molecule has 1 aromatic rings. The van der Waals surface area contributed by atoms with E-state index >= 15 is 0 Å². The molecule has 146 valence electrons. The summed E-state index contributed by atoms with van der Waals surface area (Å²) in [6.45, 7) is 4.72. The fourth-order valence-corrected chi connectivity index (χ4v) is 4.23. The lowest BCUT2D eigenvalue weighted by molar-refractivity contribution is 0.0976. The van der Waals surface area contributed by atoms with E-state index in [1.165, 1.54) is 35.6 Å². The summed E-state index contributed by atoms with van der Waals surface area (Å²) < 4.78 is 25.0. The number of benzene rings is 1. The van der Waals surface area contributed by atoms with Crippen molar-refractivity contribution in [3.8, 4) is 0 Å². The second kappa shape index (κ2) is 9.90. The number of rotatable bonds is 7. The molecule has 1 rings (SSSR count). The minimum atomic E-state index is -3.60. The largest absolute Gasteiger partial charge is 0.307 e. The summed E-state index contributed by atoms with van der Waals surface area (Å²) >= 11 is 17.1. The van der Waals surface area contributed by atoms with Crippen LogP contribution in [-0.4, -0.2) is 48.4 Å². The van der Waals surface area contributed by atoms with Crippen LogP contribution in [0.5, 0.6) is 0 Å². The number of amidine groups is 1. The Morgan fingerprint density at radius 3 is 2.00 bits per heavy atom. The Kier molecular flexibility index (Phi) is 8.82. The quantitative estimate of drug-likeness (QED) is 0.398. The van der Waals surface area contributed by atoms with Gasteiger partial charge in [0.1, 0.15) is 0 Å². The fourth-order valence-electron chi connectivity index (χ4n) is 2.21. The topological polar surface area (TPSA) is 78.8 Å². The number of carbonyl (C=O) groups excluding carboxylic acids is 1. The van der Waals surface area contributed by atoms with E-state index < -0.39 is 19.7 Å². The third-order valence-corrected chi connectivity index (χ3v) is 5.87. The smallest absolute Gasteiger partial charge is 0.256 e. The predicted molar refractivity (Wildman–Crippen MR) is 107 cm³/mol. The number of carbonyl (C=O) groups is 1. The SMILES string of the molecule is CCCN(CCC)S(=O)(=O)c1ccc(C(=O)NC(=NC)C(Cl)(Cl)Cl)cc1. The van der Waals surface area contributed by atoms with Gasteiger partial charge in [-0.2, -0.15) is 4.31 Å². The Morgan fingerprint density at radius 2 is 1.62 bits per heavy atom. The Hall–Kier alpha value is -0.860. The van der Waals surface area contributed by atoms with E-state index in [9.17, 15) is 13.2 Å². The number of hydrogen-bond donors (Lipinski definition) is 1. The number of nitrogens with zero attached hydrogens (tertiary/aromatic N) is 2. The minimum absolute atomic E-state index is 0.124.